The van der Waals surface area contributed by atoms with Crippen molar-refractivity contribution in [3.05, 3.63) is 23.8 Å². The Kier molecular flexibility index (Phi) is 6.25. The SMILES string of the molecule is COc1ccc(S(=O)(=O)N[C@H](C)C(=O)N2CCC(C(N)=O)CC2)cc1C. The van der Waals surface area contributed by atoms with Crippen molar-refractivity contribution in [2.45, 2.75) is 37.6 Å². The quantitative estimate of drug-likeness (QED) is 0.737. The first-order chi connectivity index (χ1) is 12.2. The molecule has 144 valence electrons. The van der Waals surface area contributed by atoms with E-state index >= 15 is 0 Å². The lowest BCUT2D eigenvalue weighted by atomic mass is 9.96. The molecule has 0 aromatic heterocycles. The largest absolute Gasteiger partial charge is 0.496 e. The molecule has 1 saturated heterocycles. The molecule has 1 fully saturated rings. The average Bonchev–Trinajstić information content (AvgIpc) is 2.60. The first-order valence-corrected chi connectivity index (χ1v) is 9.89. The molecular formula is C17H25N3O5S. The number of aryl methyl sites for hydroxylation is 1. The fourth-order valence-electron chi connectivity index (χ4n) is 3.03. The Labute approximate surface area is 153 Å². The molecule has 0 saturated carbocycles. The zero-order chi connectivity index (χ0) is 19.5. The Hall–Kier alpha value is -2.13. The van der Waals surface area contributed by atoms with Gasteiger partial charge < -0.3 is 15.4 Å². The van der Waals surface area contributed by atoms with E-state index < -0.39 is 16.1 Å². The van der Waals surface area contributed by atoms with Gasteiger partial charge in [0.1, 0.15) is 5.75 Å². The number of methoxy groups -OCH3 is 1. The van der Waals surface area contributed by atoms with E-state index in [1.807, 2.05) is 0 Å². The molecule has 9 heteroatoms. The van der Waals surface area contributed by atoms with Crippen LogP contribution in [0.1, 0.15) is 25.3 Å². The monoisotopic (exact) mass is 383 g/mol. The van der Waals surface area contributed by atoms with E-state index in [4.69, 9.17) is 10.5 Å². The van der Waals surface area contributed by atoms with Crippen molar-refractivity contribution in [1.82, 2.24) is 9.62 Å². The minimum Gasteiger partial charge on any atom is -0.496 e. The predicted molar refractivity (Wildman–Crippen MR) is 96.0 cm³/mol. The van der Waals surface area contributed by atoms with Crippen molar-refractivity contribution in [2.24, 2.45) is 11.7 Å². The van der Waals surface area contributed by atoms with E-state index in [-0.39, 0.29) is 22.6 Å². The van der Waals surface area contributed by atoms with Gasteiger partial charge in [0.05, 0.1) is 18.0 Å². The normalized spacial score (nSPS) is 17.0. The molecule has 1 aromatic carbocycles. The fraction of sp³-hybridized carbons (Fsp3) is 0.529. The summed E-state index contributed by atoms with van der Waals surface area (Å²) in [4.78, 5) is 25.3. The van der Waals surface area contributed by atoms with Gasteiger partial charge in [0.2, 0.25) is 21.8 Å². The third-order valence-corrected chi connectivity index (χ3v) is 6.13. The van der Waals surface area contributed by atoms with E-state index in [9.17, 15) is 18.0 Å². The molecule has 2 rings (SSSR count). The van der Waals surface area contributed by atoms with E-state index in [1.54, 1.807) is 17.9 Å². The van der Waals surface area contributed by atoms with Gasteiger partial charge in [0, 0.05) is 19.0 Å². The van der Waals surface area contributed by atoms with Crippen LogP contribution in [0.15, 0.2) is 23.1 Å². The van der Waals surface area contributed by atoms with Crippen LogP contribution in [0.25, 0.3) is 0 Å². The highest BCUT2D eigenvalue weighted by molar-refractivity contribution is 7.89. The summed E-state index contributed by atoms with van der Waals surface area (Å²) in [6, 6.07) is 3.60. The number of nitrogens with one attached hydrogen (secondary N) is 1. The van der Waals surface area contributed by atoms with Crippen LogP contribution in [-0.2, 0) is 19.6 Å². The number of amides is 2. The maximum atomic E-state index is 12.5. The van der Waals surface area contributed by atoms with Crippen molar-refractivity contribution < 1.29 is 22.7 Å². The number of likely N-dealkylation sites (tertiary alicyclic amines) is 1. The molecule has 8 nitrogen and oxygen atoms in total. The van der Waals surface area contributed by atoms with Crippen LogP contribution in [0.5, 0.6) is 5.75 Å². The summed E-state index contributed by atoms with van der Waals surface area (Å²) in [6.45, 7) is 4.03. The van der Waals surface area contributed by atoms with Crippen LogP contribution in [0.4, 0.5) is 0 Å². The second-order valence-corrected chi connectivity index (χ2v) is 8.19. The minimum atomic E-state index is -3.84. The van der Waals surface area contributed by atoms with Gasteiger partial charge in [-0.25, -0.2) is 8.42 Å². The summed E-state index contributed by atoms with van der Waals surface area (Å²) < 4.78 is 32.6. The Morgan fingerprint density at radius 1 is 1.31 bits per heavy atom. The van der Waals surface area contributed by atoms with Crippen LogP contribution < -0.4 is 15.2 Å². The van der Waals surface area contributed by atoms with Gasteiger partial charge in [-0.2, -0.15) is 4.72 Å². The number of carbonyl (C=O) groups is 2. The number of piperidine rings is 1. The third-order valence-electron chi connectivity index (χ3n) is 4.59. The molecule has 0 radical (unpaired) electrons. The molecule has 0 spiro atoms. The molecule has 1 aliphatic heterocycles. The van der Waals surface area contributed by atoms with Gasteiger partial charge in [0.25, 0.3) is 0 Å². The number of carbonyl (C=O) groups excluding carboxylic acids is 2. The number of hydrogen-bond donors (Lipinski definition) is 2. The van der Waals surface area contributed by atoms with E-state index in [0.717, 1.165) is 0 Å². The summed E-state index contributed by atoms with van der Waals surface area (Å²) in [5.41, 5.74) is 5.97. The summed E-state index contributed by atoms with van der Waals surface area (Å²) in [7, 11) is -2.33. The van der Waals surface area contributed by atoms with Crippen LogP contribution in [0, 0.1) is 12.8 Å². The lowest BCUT2D eigenvalue weighted by Crippen LogP contribution is -2.50. The number of primary amides is 1. The summed E-state index contributed by atoms with van der Waals surface area (Å²) in [6.07, 6.45) is 0.996. The lowest BCUT2D eigenvalue weighted by molar-refractivity contribution is -0.136. The molecule has 0 unspecified atom stereocenters. The molecule has 0 bridgehead atoms. The summed E-state index contributed by atoms with van der Waals surface area (Å²) >= 11 is 0. The van der Waals surface area contributed by atoms with Gasteiger partial charge in [-0.3, -0.25) is 9.59 Å². The van der Waals surface area contributed by atoms with E-state index in [2.05, 4.69) is 4.72 Å². The lowest BCUT2D eigenvalue weighted by Gasteiger charge is -2.32. The maximum absolute atomic E-state index is 12.5. The highest BCUT2D eigenvalue weighted by atomic mass is 32.2. The number of sulfonamides is 1. The molecule has 2 amide bonds. The Morgan fingerprint density at radius 2 is 1.92 bits per heavy atom. The average molecular weight is 383 g/mol. The molecular weight excluding hydrogens is 358 g/mol. The van der Waals surface area contributed by atoms with Crippen molar-refractivity contribution >= 4 is 21.8 Å². The molecule has 0 aliphatic carbocycles. The number of nitrogens with zero attached hydrogens (tertiary/aromatic N) is 1. The van der Waals surface area contributed by atoms with Gasteiger partial charge in [-0.05, 0) is 50.5 Å². The molecule has 1 aliphatic rings. The number of nitrogens with two attached hydrogens (primary N) is 1. The second-order valence-electron chi connectivity index (χ2n) is 6.48. The number of hydrogen-bond acceptors (Lipinski definition) is 5. The van der Waals surface area contributed by atoms with Crippen LogP contribution in [0.3, 0.4) is 0 Å². The third kappa shape index (κ3) is 4.53. The zero-order valence-corrected chi connectivity index (χ0v) is 16.0. The standard InChI is InChI=1S/C17H25N3O5S/c1-11-10-14(4-5-15(11)25-3)26(23,24)19-12(2)17(22)20-8-6-13(7-9-20)16(18)21/h4-5,10,12-13,19H,6-9H2,1-3H3,(H2,18,21)/t12-/m1/s1. The Bertz CT molecular complexity index is 786. The number of ether oxygens (including phenoxy) is 1. The van der Waals surface area contributed by atoms with E-state index in [1.165, 1.54) is 26.2 Å². The van der Waals surface area contributed by atoms with Crippen LogP contribution >= 0.6 is 0 Å². The minimum absolute atomic E-state index is 0.0721. The fourth-order valence-corrected chi connectivity index (χ4v) is 4.31. The van der Waals surface area contributed by atoms with Gasteiger partial charge >= 0.3 is 0 Å². The van der Waals surface area contributed by atoms with E-state index in [0.29, 0.717) is 37.2 Å². The number of benzene rings is 1. The first-order valence-electron chi connectivity index (χ1n) is 8.40. The van der Waals surface area contributed by atoms with Crippen molar-refractivity contribution in [3.63, 3.8) is 0 Å². The van der Waals surface area contributed by atoms with Gasteiger partial charge in [-0.1, -0.05) is 0 Å². The van der Waals surface area contributed by atoms with Crippen LogP contribution in [0.2, 0.25) is 0 Å². The Balaban J connectivity index is 2.04. The molecule has 1 aromatic rings. The van der Waals surface area contributed by atoms with Crippen molar-refractivity contribution in [3.8, 4) is 5.75 Å². The molecule has 3 N–H and O–H groups in total. The van der Waals surface area contributed by atoms with Gasteiger partial charge in [-0.15, -0.1) is 0 Å². The van der Waals surface area contributed by atoms with Crippen molar-refractivity contribution in [2.75, 3.05) is 20.2 Å². The highest BCUT2D eigenvalue weighted by Gasteiger charge is 2.30. The molecule has 1 atom stereocenters. The molecule has 1 heterocycles. The zero-order valence-electron chi connectivity index (χ0n) is 15.2. The highest BCUT2D eigenvalue weighted by Crippen LogP contribution is 2.22. The summed E-state index contributed by atoms with van der Waals surface area (Å²) in [5.74, 6) is -0.318. The number of rotatable bonds is 6. The summed E-state index contributed by atoms with van der Waals surface area (Å²) in [5, 5.41) is 0. The van der Waals surface area contributed by atoms with Crippen LogP contribution in [-0.4, -0.2) is 51.4 Å². The smallest absolute Gasteiger partial charge is 0.241 e. The molecule has 26 heavy (non-hydrogen) atoms. The predicted octanol–water partition coefficient (Wildman–Crippen LogP) is 0.394. The van der Waals surface area contributed by atoms with Crippen molar-refractivity contribution in [1.29, 1.82) is 0 Å². The maximum Gasteiger partial charge on any atom is 0.241 e. The van der Waals surface area contributed by atoms with Gasteiger partial charge in [0.15, 0.2) is 0 Å². The first kappa shape index (κ1) is 20.2. The topological polar surface area (TPSA) is 119 Å². The Morgan fingerprint density at radius 3 is 2.42 bits per heavy atom. The second kappa shape index (κ2) is 8.05.